The third-order valence-electron chi connectivity index (χ3n) is 4.28. The number of carbonyl (C=O) groups is 1. The molecule has 1 heterocycles. The zero-order valence-corrected chi connectivity index (χ0v) is 12.8. The molecule has 0 radical (unpaired) electrons. The Morgan fingerprint density at radius 2 is 1.76 bits per heavy atom. The Morgan fingerprint density at radius 1 is 1.05 bits per heavy atom. The molecule has 0 amide bonds. The molecule has 0 spiro atoms. The Kier molecular flexibility index (Phi) is 3.57. The fraction of sp³-hybridized carbons (Fsp3) is 0.353. The minimum atomic E-state index is -3.30. The zero-order valence-electron chi connectivity index (χ0n) is 12.0. The van der Waals surface area contributed by atoms with Gasteiger partial charge in [0.25, 0.3) is 0 Å². The minimum Gasteiger partial charge on any atom is -0.293 e. The molecule has 0 saturated carbocycles. The van der Waals surface area contributed by atoms with Crippen LogP contribution >= 0.6 is 0 Å². The van der Waals surface area contributed by atoms with E-state index in [1.54, 1.807) is 6.07 Å². The third-order valence-corrected chi connectivity index (χ3v) is 6.45. The first-order valence-corrected chi connectivity index (χ1v) is 8.96. The number of carbonyl (C=O) groups excluding carboxylic acids is 1. The van der Waals surface area contributed by atoms with Crippen molar-refractivity contribution in [3.63, 3.8) is 0 Å². The van der Waals surface area contributed by atoms with E-state index in [-0.39, 0.29) is 11.5 Å². The van der Waals surface area contributed by atoms with Gasteiger partial charge in [0.15, 0.2) is 15.6 Å². The first-order chi connectivity index (χ1) is 10.0. The molecule has 4 heteroatoms. The van der Waals surface area contributed by atoms with Crippen molar-refractivity contribution in [3.8, 4) is 0 Å². The first kappa shape index (κ1) is 14.3. The van der Waals surface area contributed by atoms with E-state index in [0.29, 0.717) is 18.4 Å². The van der Waals surface area contributed by atoms with Crippen LogP contribution in [0, 0.1) is 6.92 Å². The lowest BCUT2D eigenvalue weighted by atomic mass is 9.95. The number of fused-ring (bicyclic) bond motifs is 1. The van der Waals surface area contributed by atoms with E-state index in [9.17, 15) is 13.2 Å². The molecule has 110 valence electrons. The molecule has 1 atom stereocenters. The van der Waals surface area contributed by atoms with Crippen molar-refractivity contribution in [2.45, 2.75) is 31.4 Å². The van der Waals surface area contributed by atoms with E-state index in [4.69, 9.17) is 0 Å². The molecule has 3 nitrogen and oxygen atoms in total. The molecule has 0 bridgehead atoms. The summed E-state index contributed by atoms with van der Waals surface area (Å²) in [6, 6.07) is 11.3. The van der Waals surface area contributed by atoms with Gasteiger partial charge in [-0.25, -0.2) is 8.42 Å². The quantitative estimate of drug-likeness (QED) is 0.800. The molecular weight excluding hydrogens is 284 g/mol. The largest absolute Gasteiger partial charge is 0.293 e. The summed E-state index contributed by atoms with van der Waals surface area (Å²) >= 11 is 0. The molecule has 2 aromatic carbocycles. The van der Waals surface area contributed by atoms with Crippen LogP contribution < -0.4 is 0 Å². The number of rotatable bonds is 2. The summed E-state index contributed by atoms with van der Waals surface area (Å²) in [4.78, 5) is 12.8. The van der Waals surface area contributed by atoms with Crippen LogP contribution in [-0.4, -0.2) is 25.2 Å². The fourth-order valence-corrected chi connectivity index (χ4v) is 4.96. The van der Waals surface area contributed by atoms with Gasteiger partial charge >= 0.3 is 0 Å². The average molecular weight is 302 g/mol. The fourth-order valence-electron chi connectivity index (χ4n) is 3.09. The molecule has 2 aromatic rings. The van der Waals surface area contributed by atoms with Crippen LogP contribution in [0.3, 0.4) is 0 Å². The van der Waals surface area contributed by atoms with Crippen LogP contribution in [0.4, 0.5) is 0 Å². The highest BCUT2D eigenvalue weighted by atomic mass is 32.2. The van der Waals surface area contributed by atoms with E-state index >= 15 is 0 Å². The molecular formula is C17H18O3S. The second-order valence-corrected chi connectivity index (χ2v) is 7.99. The minimum absolute atomic E-state index is 0.132. The van der Waals surface area contributed by atoms with E-state index in [1.807, 2.05) is 37.3 Å². The van der Waals surface area contributed by atoms with E-state index in [1.165, 1.54) is 0 Å². The third kappa shape index (κ3) is 2.48. The van der Waals surface area contributed by atoms with Gasteiger partial charge in [0.2, 0.25) is 0 Å². The predicted molar refractivity (Wildman–Crippen MR) is 84.4 cm³/mol. The number of ketones is 1. The molecule has 0 aliphatic carbocycles. The zero-order chi connectivity index (χ0) is 15.0. The summed E-state index contributed by atoms with van der Waals surface area (Å²) in [5.41, 5.74) is 1.63. The SMILES string of the molecule is Cc1ccc(C(=O)C2CCCCS2(=O)=O)c2ccccc12. The number of Topliss-reactive ketones (excluding diaryl/α,β-unsaturated/α-hetero) is 1. The summed E-state index contributed by atoms with van der Waals surface area (Å²) in [6.45, 7) is 1.99. The Labute approximate surface area is 124 Å². The summed E-state index contributed by atoms with van der Waals surface area (Å²) in [5, 5.41) is 0.997. The molecule has 1 unspecified atom stereocenters. The van der Waals surface area contributed by atoms with Crippen molar-refractivity contribution in [2.24, 2.45) is 0 Å². The normalized spacial score (nSPS) is 21.3. The number of benzene rings is 2. The highest BCUT2D eigenvalue weighted by Crippen LogP contribution is 2.28. The van der Waals surface area contributed by atoms with E-state index in [2.05, 4.69) is 0 Å². The standard InChI is InChI=1S/C17H18O3S/c1-12-9-10-15(14-7-3-2-6-13(12)14)17(18)16-8-4-5-11-21(16,19)20/h2-3,6-7,9-10,16H,4-5,8,11H2,1H3. The van der Waals surface area contributed by atoms with Gasteiger partial charge in [-0.1, -0.05) is 42.8 Å². The summed E-state index contributed by atoms with van der Waals surface area (Å²) < 4.78 is 24.4. The van der Waals surface area contributed by atoms with Crippen molar-refractivity contribution in [1.29, 1.82) is 0 Å². The highest BCUT2D eigenvalue weighted by Gasteiger charge is 2.35. The van der Waals surface area contributed by atoms with Gasteiger partial charge in [-0.15, -0.1) is 0 Å². The van der Waals surface area contributed by atoms with Crippen molar-refractivity contribution >= 4 is 26.4 Å². The molecule has 3 rings (SSSR count). The highest BCUT2D eigenvalue weighted by molar-refractivity contribution is 7.92. The lowest BCUT2D eigenvalue weighted by Gasteiger charge is -2.21. The van der Waals surface area contributed by atoms with Gasteiger partial charge in [0.1, 0.15) is 5.25 Å². The Bertz CT molecular complexity index is 806. The molecule has 1 fully saturated rings. The van der Waals surface area contributed by atoms with Gasteiger partial charge in [-0.05, 0) is 36.1 Å². The maximum Gasteiger partial charge on any atom is 0.181 e. The van der Waals surface area contributed by atoms with Gasteiger partial charge < -0.3 is 0 Å². The van der Waals surface area contributed by atoms with Gasteiger partial charge in [0, 0.05) is 5.56 Å². The van der Waals surface area contributed by atoms with Crippen molar-refractivity contribution in [1.82, 2.24) is 0 Å². The Balaban J connectivity index is 2.12. The number of hydrogen-bond donors (Lipinski definition) is 0. The van der Waals surface area contributed by atoms with Gasteiger partial charge in [-0.2, -0.15) is 0 Å². The smallest absolute Gasteiger partial charge is 0.181 e. The van der Waals surface area contributed by atoms with Crippen LogP contribution in [0.5, 0.6) is 0 Å². The predicted octanol–water partition coefficient (Wildman–Crippen LogP) is 3.30. The number of sulfone groups is 1. The molecule has 1 aliphatic heterocycles. The molecule has 1 saturated heterocycles. The van der Waals surface area contributed by atoms with E-state index < -0.39 is 15.1 Å². The Hall–Kier alpha value is -1.68. The maximum absolute atomic E-state index is 12.8. The first-order valence-electron chi connectivity index (χ1n) is 7.25. The molecule has 0 aromatic heterocycles. The van der Waals surface area contributed by atoms with Gasteiger partial charge in [0.05, 0.1) is 5.75 Å². The molecule has 0 N–H and O–H groups in total. The summed E-state index contributed by atoms with van der Waals surface area (Å²) in [6.07, 6.45) is 1.92. The molecule has 21 heavy (non-hydrogen) atoms. The topological polar surface area (TPSA) is 51.2 Å². The number of aryl methyl sites for hydroxylation is 1. The maximum atomic E-state index is 12.8. The van der Waals surface area contributed by atoms with Crippen LogP contribution in [-0.2, 0) is 9.84 Å². The lowest BCUT2D eigenvalue weighted by Crippen LogP contribution is -2.35. The van der Waals surface area contributed by atoms with Crippen LogP contribution in [0.1, 0.15) is 35.2 Å². The van der Waals surface area contributed by atoms with Crippen LogP contribution in [0.15, 0.2) is 36.4 Å². The van der Waals surface area contributed by atoms with Gasteiger partial charge in [-0.3, -0.25) is 4.79 Å². The summed E-state index contributed by atoms with van der Waals surface area (Å²) in [7, 11) is -3.30. The molecule has 1 aliphatic rings. The van der Waals surface area contributed by atoms with Crippen LogP contribution in [0.25, 0.3) is 10.8 Å². The lowest BCUT2D eigenvalue weighted by molar-refractivity contribution is 0.0983. The van der Waals surface area contributed by atoms with Crippen molar-refractivity contribution in [3.05, 3.63) is 47.5 Å². The second-order valence-electron chi connectivity index (χ2n) is 5.69. The average Bonchev–Trinajstić information content (AvgIpc) is 2.47. The second kappa shape index (κ2) is 5.26. The van der Waals surface area contributed by atoms with Crippen molar-refractivity contribution < 1.29 is 13.2 Å². The van der Waals surface area contributed by atoms with Crippen molar-refractivity contribution in [2.75, 3.05) is 5.75 Å². The summed E-state index contributed by atoms with van der Waals surface area (Å²) in [5.74, 6) is -0.112. The van der Waals surface area contributed by atoms with Crippen LogP contribution in [0.2, 0.25) is 0 Å². The number of hydrogen-bond acceptors (Lipinski definition) is 3. The Morgan fingerprint density at radius 3 is 2.48 bits per heavy atom. The van der Waals surface area contributed by atoms with E-state index in [0.717, 1.165) is 22.8 Å². The monoisotopic (exact) mass is 302 g/mol.